The summed E-state index contributed by atoms with van der Waals surface area (Å²) in [4.78, 5) is 45.6. The summed E-state index contributed by atoms with van der Waals surface area (Å²) in [6, 6.07) is 11.6. The summed E-state index contributed by atoms with van der Waals surface area (Å²) >= 11 is 0. The third kappa shape index (κ3) is 6.82. The van der Waals surface area contributed by atoms with Gasteiger partial charge in [0.1, 0.15) is 17.4 Å². The van der Waals surface area contributed by atoms with E-state index in [4.69, 9.17) is 4.74 Å². The summed E-state index contributed by atoms with van der Waals surface area (Å²) in [7, 11) is 1.67. The summed E-state index contributed by atoms with van der Waals surface area (Å²) in [6.45, 7) is 7.80. The molecular weight excluding hydrogens is 542 g/mol. The number of phenolic OH excluding ortho intramolecular Hbond substituents is 1. The van der Waals surface area contributed by atoms with Crippen molar-refractivity contribution >= 4 is 35.1 Å². The van der Waals surface area contributed by atoms with Gasteiger partial charge in [0.15, 0.2) is 0 Å². The van der Waals surface area contributed by atoms with Crippen LogP contribution in [0.4, 0.5) is 16.2 Å². The van der Waals surface area contributed by atoms with Crippen LogP contribution in [0.15, 0.2) is 58.7 Å². The topological polar surface area (TPSA) is 164 Å². The number of anilines is 2. The fourth-order valence-corrected chi connectivity index (χ4v) is 5.62. The van der Waals surface area contributed by atoms with Gasteiger partial charge in [-0.1, -0.05) is 18.2 Å². The van der Waals surface area contributed by atoms with Crippen molar-refractivity contribution in [3.63, 3.8) is 0 Å². The molecule has 2 heterocycles. The van der Waals surface area contributed by atoms with Crippen molar-refractivity contribution in [1.29, 1.82) is 0 Å². The van der Waals surface area contributed by atoms with Crippen LogP contribution in [0, 0.1) is 5.92 Å². The zero-order valence-electron chi connectivity index (χ0n) is 24.0. The molecule has 2 aliphatic rings. The Balaban J connectivity index is 1.32. The summed E-state index contributed by atoms with van der Waals surface area (Å²) in [5, 5.41) is 35.5. The molecule has 0 bridgehead atoms. The van der Waals surface area contributed by atoms with Gasteiger partial charge in [0.25, 0.3) is 0 Å². The van der Waals surface area contributed by atoms with Crippen LogP contribution in [-0.4, -0.2) is 90.3 Å². The molecule has 2 aromatic carbocycles. The predicted molar refractivity (Wildman–Crippen MR) is 159 cm³/mol. The lowest BCUT2D eigenvalue weighted by Crippen LogP contribution is -2.47. The van der Waals surface area contributed by atoms with Gasteiger partial charge in [0.05, 0.1) is 24.1 Å². The molecule has 2 aliphatic heterocycles. The number of para-hydroxylation sites is 2. The van der Waals surface area contributed by atoms with E-state index in [1.165, 1.54) is 25.1 Å². The first-order valence-corrected chi connectivity index (χ1v) is 13.8. The average Bonchev–Trinajstić information content (AvgIpc) is 2.96. The number of allylic oxidation sites excluding steroid dienone is 1. The maximum Gasteiger partial charge on any atom is 0.334 e. The van der Waals surface area contributed by atoms with Crippen LogP contribution >= 0.6 is 0 Å². The molecule has 2 amide bonds. The first-order chi connectivity index (χ1) is 20.1. The van der Waals surface area contributed by atoms with E-state index in [2.05, 4.69) is 31.5 Å². The van der Waals surface area contributed by atoms with Crippen molar-refractivity contribution in [2.45, 2.75) is 26.2 Å². The van der Waals surface area contributed by atoms with Gasteiger partial charge in [-0.05, 0) is 56.6 Å². The van der Waals surface area contributed by atoms with E-state index in [1.54, 1.807) is 14.0 Å². The van der Waals surface area contributed by atoms with Crippen LogP contribution in [-0.2, 0) is 9.59 Å². The highest BCUT2D eigenvalue weighted by molar-refractivity contribution is 6.06. The minimum absolute atomic E-state index is 0.0455. The van der Waals surface area contributed by atoms with Crippen molar-refractivity contribution < 1.29 is 34.4 Å². The van der Waals surface area contributed by atoms with Gasteiger partial charge >= 0.3 is 18.0 Å². The lowest BCUT2D eigenvalue weighted by atomic mass is 9.75. The number of carboxylic acid groups (broad SMARTS) is 2. The molecule has 0 aliphatic carbocycles. The SMILES string of the molecule is COc1ccccc1N1CCN(CCCNC(=O)Nc2cc(C3C(C(=O)O)=C(C)N=C(C)C3C(=O)O)ccc2O)CC1. The van der Waals surface area contributed by atoms with Gasteiger partial charge in [-0.2, -0.15) is 0 Å². The number of aliphatic carboxylic acids is 2. The molecule has 2 aromatic rings. The lowest BCUT2D eigenvalue weighted by Gasteiger charge is -2.36. The Morgan fingerprint density at radius 3 is 2.43 bits per heavy atom. The van der Waals surface area contributed by atoms with E-state index in [0.717, 1.165) is 50.6 Å². The number of hydrogen-bond donors (Lipinski definition) is 5. The van der Waals surface area contributed by atoms with Gasteiger partial charge in [-0.3, -0.25) is 14.7 Å². The lowest BCUT2D eigenvalue weighted by molar-refractivity contribution is -0.140. The van der Waals surface area contributed by atoms with E-state index < -0.39 is 29.8 Å². The van der Waals surface area contributed by atoms with Crippen LogP contribution in [0.1, 0.15) is 31.7 Å². The highest BCUT2D eigenvalue weighted by Crippen LogP contribution is 2.41. The highest BCUT2D eigenvalue weighted by atomic mass is 16.5. The predicted octanol–water partition coefficient (Wildman–Crippen LogP) is 3.35. The molecule has 0 saturated carbocycles. The maximum absolute atomic E-state index is 12.6. The number of piperazine rings is 1. The number of carboxylic acids is 2. The van der Waals surface area contributed by atoms with Crippen molar-refractivity contribution in [2.24, 2.45) is 10.9 Å². The summed E-state index contributed by atoms with van der Waals surface area (Å²) in [5.74, 6) is -4.12. The van der Waals surface area contributed by atoms with Gasteiger partial charge in [0.2, 0.25) is 0 Å². The summed E-state index contributed by atoms with van der Waals surface area (Å²) < 4.78 is 5.48. The van der Waals surface area contributed by atoms with E-state index >= 15 is 0 Å². The number of rotatable bonds is 10. The van der Waals surface area contributed by atoms with Gasteiger partial charge in [-0.15, -0.1) is 0 Å². The second-order valence-corrected chi connectivity index (χ2v) is 10.4. The molecule has 2 unspecified atom stereocenters. The average molecular weight is 580 g/mol. The molecule has 42 heavy (non-hydrogen) atoms. The Hall–Kier alpha value is -4.58. The first-order valence-electron chi connectivity index (χ1n) is 13.8. The van der Waals surface area contributed by atoms with Crippen LogP contribution in [0.25, 0.3) is 0 Å². The third-order valence-corrected chi connectivity index (χ3v) is 7.69. The number of carbonyl (C=O) groups is 3. The monoisotopic (exact) mass is 579 g/mol. The second-order valence-electron chi connectivity index (χ2n) is 10.4. The molecule has 4 rings (SSSR count). The Morgan fingerprint density at radius 2 is 1.76 bits per heavy atom. The minimum atomic E-state index is -1.28. The summed E-state index contributed by atoms with van der Waals surface area (Å²) in [6.07, 6.45) is 0.723. The molecule has 0 aromatic heterocycles. The van der Waals surface area contributed by atoms with Crippen molar-refractivity contribution in [2.75, 3.05) is 56.6 Å². The van der Waals surface area contributed by atoms with Gasteiger partial charge in [0, 0.05) is 50.1 Å². The van der Waals surface area contributed by atoms with Gasteiger partial charge < -0.3 is 35.6 Å². The van der Waals surface area contributed by atoms with E-state index in [1.807, 2.05) is 18.2 Å². The largest absolute Gasteiger partial charge is 0.506 e. The number of ether oxygens (including phenoxy) is 1. The third-order valence-electron chi connectivity index (χ3n) is 7.69. The number of nitrogens with zero attached hydrogens (tertiary/aromatic N) is 3. The zero-order chi connectivity index (χ0) is 30.4. The van der Waals surface area contributed by atoms with Crippen molar-refractivity contribution in [3.05, 3.63) is 59.3 Å². The fraction of sp³-hybridized carbons (Fsp3) is 0.400. The van der Waals surface area contributed by atoms with Crippen molar-refractivity contribution in [3.8, 4) is 11.5 Å². The number of methoxy groups -OCH3 is 1. The fourth-order valence-electron chi connectivity index (χ4n) is 5.62. The smallest absolute Gasteiger partial charge is 0.334 e. The normalized spacial score (nSPS) is 19.2. The van der Waals surface area contributed by atoms with E-state index in [-0.39, 0.29) is 28.4 Å². The molecule has 12 heteroatoms. The molecule has 1 saturated heterocycles. The number of amides is 2. The van der Waals surface area contributed by atoms with Crippen molar-refractivity contribution in [1.82, 2.24) is 10.2 Å². The Morgan fingerprint density at radius 1 is 1.05 bits per heavy atom. The van der Waals surface area contributed by atoms with Gasteiger partial charge in [-0.25, -0.2) is 9.59 Å². The summed E-state index contributed by atoms with van der Waals surface area (Å²) in [5.41, 5.74) is 1.80. The van der Waals surface area contributed by atoms with Crippen LogP contribution < -0.4 is 20.3 Å². The standard InChI is InChI=1S/C30H37N5O7/c1-18-25(28(37)38)27(26(29(39)40)19(2)32-18)20-9-10-23(36)21(17-20)33-30(41)31-11-6-12-34-13-15-35(16-14-34)22-7-4-5-8-24(22)42-3/h4-5,7-10,17,25,27,36H,6,11-16H2,1-3H3,(H,37,38)(H,39,40)(H2,31,33,41). The molecular formula is C30H37N5O7. The molecule has 12 nitrogen and oxygen atoms in total. The molecule has 1 fully saturated rings. The number of aliphatic imine (C=N–C) groups is 1. The quantitative estimate of drug-likeness (QED) is 0.210. The molecule has 2 atom stereocenters. The molecule has 224 valence electrons. The zero-order valence-corrected chi connectivity index (χ0v) is 24.0. The Kier molecular flexibility index (Phi) is 9.68. The second kappa shape index (κ2) is 13.4. The minimum Gasteiger partial charge on any atom is -0.506 e. The number of aromatic hydroxyl groups is 1. The number of nitrogens with one attached hydrogen (secondary N) is 2. The number of hydrogen-bond acceptors (Lipinski definition) is 8. The maximum atomic E-state index is 12.6. The van der Waals surface area contributed by atoms with Crippen LogP contribution in [0.3, 0.4) is 0 Å². The van der Waals surface area contributed by atoms with E-state index in [9.17, 15) is 29.7 Å². The first kappa shape index (κ1) is 30.4. The Labute approximate surface area is 244 Å². The number of phenols is 1. The Bertz CT molecular complexity index is 1400. The number of benzene rings is 2. The van der Waals surface area contributed by atoms with Crippen LogP contribution in [0.5, 0.6) is 11.5 Å². The molecule has 5 N–H and O–H groups in total. The number of carbonyl (C=O) groups excluding carboxylic acids is 1. The number of urea groups is 1. The van der Waals surface area contributed by atoms with Crippen LogP contribution in [0.2, 0.25) is 0 Å². The molecule has 0 radical (unpaired) electrons. The van der Waals surface area contributed by atoms with E-state index in [0.29, 0.717) is 12.1 Å². The molecule has 0 spiro atoms. The highest BCUT2D eigenvalue weighted by Gasteiger charge is 2.41.